The summed E-state index contributed by atoms with van der Waals surface area (Å²) in [6.07, 6.45) is 0. The quantitative estimate of drug-likeness (QED) is 0.171. The first-order chi connectivity index (χ1) is 30.3. The maximum atomic E-state index is 9.31. The van der Waals surface area contributed by atoms with Crippen molar-refractivity contribution in [3.63, 3.8) is 0 Å². The highest BCUT2D eigenvalue weighted by atomic mass is 15.0. The fourth-order valence-corrected chi connectivity index (χ4v) is 6.74. The van der Waals surface area contributed by atoms with E-state index in [2.05, 4.69) is 6.07 Å². The van der Waals surface area contributed by atoms with Gasteiger partial charge in [-0.3, -0.25) is 0 Å². The lowest BCUT2D eigenvalue weighted by molar-refractivity contribution is 1.08. The van der Waals surface area contributed by atoms with Crippen molar-refractivity contribution in [1.29, 1.82) is 0 Å². The van der Waals surface area contributed by atoms with E-state index in [9.17, 15) is 2.74 Å². The Balaban J connectivity index is 1.18. The fraction of sp³-hybridized carbons (Fsp3) is 0. The second-order valence-corrected chi connectivity index (χ2v) is 12.4. The lowest BCUT2D eigenvalue weighted by atomic mass is 9.94. The van der Waals surface area contributed by atoms with Crippen LogP contribution in [0.3, 0.4) is 0 Å². The highest BCUT2D eigenvalue weighted by Crippen LogP contribution is 2.38. The lowest BCUT2D eigenvalue weighted by Gasteiger charge is -2.14. The van der Waals surface area contributed by atoms with E-state index in [4.69, 9.17) is 27.3 Å². The summed E-state index contributed by atoms with van der Waals surface area (Å²) in [6.45, 7) is 0. The number of fused-ring (bicyclic) bond motifs is 5. The van der Waals surface area contributed by atoms with Gasteiger partial charge < -0.3 is 0 Å². The molecule has 0 spiro atoms. The Kier molecular flexibility index (Phi) is 4.93. The van der Waals surface area contributed by atoms with Gasteiger partial charge in [-0.15, -0.1) is 0 Å². The van der Waals surface area contributed by atoms with Crippen LogP contribution in [-0.4, -0.2) is 15.0 Å². The molecule has 1 heterocycles. The summed E-state index contributed by atoms with van der Waals surface area (Å²) in [5.74, 6) is 0.702. The molecule has 3 heteroatoms. The van der Waals surface area contributed by atoms with Gasteiger partial charge in [0.1, 0.15) is 0 Å². The molecule has 0 aliphatic rings. The number of aromatic nitrogens is 3. The molecule has 0 bridgehead atoms. The van der Waals surface area contributed by atoms with Gasteiger partial charge in [-0.25, -0.2) is 15.0 Å². The van der Waals surface area contributed by atoms with Crippen molar-refractivity contribution in [2.75, 3.05) is 0 Å². The fourth-order valence-electron chi connectivity index (χ4n) is 6.74. The highest BCUT2D eigenvalue weighted by molar-refractivity contribution is 6.13. The Hall–Kier alpha value is -6.97. The SMILES string of the molecule is [2H]c1c([2H])c([2H])c(-c2nc(-c3ccccc3)nc(-c3cc4ccccc4c4ccccc34)n2)c(-c2ccc3cc(-c4c([2H])c([2H])c5c([2H])c([2H])c([2H])c([2H])c5c4[2H])ccc3c2)c1[2H]. The third-order valence-electron chi connectivity index (χ3n) is 9.26. The highest BCUT2D eigenvalue weighted by Gasteiger charge is 2.18. The van der Waals surface area contributed by atoms with Crippen molar-refractivity contribution < 1.29 is 15.1 Å². The second kappa shape index (κ2) is 12.4. The zero-order chi connectivity index (χ0) is 44.0. The van der Waals surface area contributed by atoms with Gasteiger partial charge in [0.25, 0.3) is 0 Å². The zero-order valence-corrected chi connectivity index (χ0v) is 27.4. The first-order valence-corrected chi connectivity index (χ1v) is 16.7. The van der Waals surface area contributed by atoms with E-state index in [1.165, 1.54) is 0 Å². The van der Waals surface area contributed by atoms with Gasteiger partial charge in [0.15, 0.2) is 17.5 Å². The molecule has 52 heavy (non-hydrogen) atoms. The van der Waals surface area contributed by atoms with E-state index in [-0.39, 0.29) is 57.5 Å². The number of hydrogen-bond donors (Lipinski definition) is 0. The smallest absolute Gasteiger partial charge is 0.164 e. The molecule has 10 aromatic rings. The molecule has 242 valence electrons. The molecule has 0 N–H and O–H groups in total. The van der Waals surface area contributed by atoms with Gasteiger partial charge in [-0.1, -0.05) is 164 Å². The maximum absolute atomic E-state index is 9.31. The van der Waals surface area contributed by atoms with Gasteiger partial charge in [-0.2, -0.15) is 0 Å². The van der Waals surface area contributed by atoms with Crippen molar-refractivity contribution in [2.24, 2.45) is 0 Å². The van der Waals surface area contributed by atoms with Crippen LogP contribution >= 0.6 is 0 Å². The van der Waals surface area contributed by atoms with E-state index < -0.39 is 42.3 Å². The predicted octanol–water partition coefficient (Wildman–Crippen LogP) is 12.8. The molecule has 0 atom stereocenters. The Morgan fingerprint density at radius 1 is 0.327 bits per heavy atom. The molecule has 0 amide bonds. The van der Waals surface area contributed by atoms with E-state index in [0.717, 1.165) is 27.1 Å². The van der Waals surface area contributed by atoms with Crippen LogP contribution in [0.1, 0.15) is 15.1 Å². The average molecular weight is 673 g/mol. The third-order valence-corrected chi connectivity index (χ3v) is 9.26. The van der Waals surface area contributed by atoms with Gasteiger partial charge >= 0.3 is 0 Å². The molecule has 0 saturated heterocycles. The standard InChI is InChI=1S/C49H31N3/c1-2-13-33(14-3-1)47-50-48(52-49(51-47)46-31-39-16-6-7-17-41(39)43-19-9-10-20-44(43)46)45-21-11-8-18-42(45)40-27-26-37-29-36(24-25-38(37)30-40)35-23-22-32-12-4-5-15-34(32)28-35/h1-31H/i4D,5D,8D,11D,12D,15D,18D,21D,22D,23D,28D. The molecule has 0 radical (unpaired) electrons. The van der Waals surface area contributed by atoms with Crippen molar-refractivity contribution >= 4 is 43.1 Å². The lowest BCUT2D eigenvalue weighted by Crippen LogP contribution is -2.01. The van der Waals surface area contributed by atoms with Gasteiger partial charge in [0.2, 0.25) is 0 Å². The first-order valence-electron chi connectivity index (χ1n) is 22.2. The average Bonchev–Trinajstić information content (AvgIpc) is 3.31. The van der Waals surface area contributed by atoms with Crippen LogP contribution in [0.15, 0.2) is 188 Å². The normalized spacial score (nSPS) is 14.4. The van der Waals surface area contributed by atoms with E-state index in [0.29, 0.717) is 39.1 Å². The number of hydrogen-bond acceptors (Lipinski definition) is 3. The molecule has 0 saturated carbocycles. The topological polar surface area (TPSA) is 38.7 Å². The molecular formula is C49H31N3. The largest absolute Gasteiger partial charge is 0.208 e. The van der Waals surface area contributed by atoms with E-state index in [1.807, 2.05) is 78.9 Å². The summed E-state index contributed by atoms with van der Waals surface area (Å²) in [5, 5.41) is 4.93. The van der Waals surface area contributed by atoms with Gasteiger partial charge in [0.05, 0.1) is 15.1 Å². The zero-order valence-electron chi connectivity index (χ0n) is 38.4. The maximum Gasteiger partial charge on any atom is 0.164 e. The Morgan fingerprint density at radius 2 is 0.942 bits per heavy atom. The molecule has 0 unspecified atom stereocenters. The van der Waals surface area contributed by atoms with Gasteiger partial charge in [-0.05, 0) is 89.6 Å². The van der Waals surface area contributed by atoms with Crippen LogP contribution in [0, 0.1) is 0 Å². The Labute approximate surface area is 317 Å². The molecule has 9 aromatic carbocycles. The predicted molar refractivity (Wildman–Crippen MR) is 217 cm³/mol. The molecule has 0 aliphatic carbocycles. The van der Waals surface area contributed by atoms with Crippen molar-refractivity contribution in [1.82, 2.24) is 15.0 Å². The van der Waals surface area contributed by atoms with Crippen LogP contribution in [0.4, 0.5) is 0 Å². The second-order valence-electron chi connectivity index (χ2n) is 12.4. The van der Waals surface area contributed by atoms with Crippen LogP contribution < -0.4 is 0 Å². The van der Waals surface area contributed by atoms with Crippen LogP contribution in [0.2, 0.25) is 0 Å². The molecule has 1 aromatic heterocycles. The summed E-state index contributed by atoms with van der Waals surface area (Å²) in [6, 6.07) is 33.3. The first kappa shape index (κ1) is 20.6. The summed E-state index contributed by atoms with van der Waals surface area (Å²) in [4.78, 5) is 14.9. The number of rotatable bonds is 5. The molecular weight excluding hydrogens is 631 g/mol. The van der Waals surface area contributed by atoms with E-state index in [1.54, 1.807) is 36.4 Å². The van der Waals surface area contributed by atoms with Crippen molar-refractivity contribution in [3.8, 4) is 56.4 Å². The Bertz CT molecular complexity index is 3600. The van der Waals surface area contributed by atoms with Crippen LogP contribution in [0.25, 0.3) is 99.5 Å². The van der Waals surface area contributed by atoms with E-state index >= 15 is 0 Å². The van der Waals surface area contributed by atoms with Gasteiger partial charge in [0, 0.05) is 16.7 Å². The monoisotopic (exact) mass is 672 g/mol. The van der Waals surface area contributed by atoms with Crippen molar-refractivity contribution in [3.05, 3.63) is 188 Å². The van der Waals surface area contributed by atoms with Crippen molar-refractivity contribution in [2.45, 2.75) is 0 Å². The third kappa shape index (κ3) is 5.28. The summed E-state index contributed by atoms with van der Waals surface area (Å²) in [5.41, 5.74) is 2.57. The molecule has 0 aliphatic heterocycles. The van der Waals surface area contributed by atoms with Crippen LogP contribution in [0.5, 0.6) is 0 Å². The minimum absolute atomic E-state index is 0.0435. The minimum Gasteiger partial charge on any atom is -0.208 e. The summed E-state index contributed by atoms with van der Waals surface area (Å²) in [7, 11) is 0. The molecule has 3 nitrogen and oxygen atoms in total. The summed E-state index contributed by atoms with van der Waals surface area (Å²) < 4.78 is 95.9. The Morgan fingerprint density at radius 3 is 1.77 bits per heavy atom. The molecule has 10 rings (SSSR count). The number of benzene rings is 9. The molecule has 0 fully saturated rings. The minimum atomic E-state index is -0.536. The number of nitrogens with zero attached hydrogens (tertiary/aromatic N) is 3. The summed E-state index contributed by atoms with van der Waals surface area (Å²) >= 11 is 0. The van der Waals surface area contributed by atoms with Crippen LogP contribution in [-0.2, 0) is 0 Å².